The minimum Gasteiger partial charge on any atom is -0.507 e. The molecule has 4 heteroatoms. The van der Waals surface area contributed by atoms with Gasteiger partial charge >= 0.3 is 0 Å². The number of aromatic nitrogens is 2. The molecule has 3 rings (SSSR count). The molecule has 0 radical (unpaired) electrons. The van der Waals surface area contributed by atoms with Crippen molar-refractivity contribution in [1.29, 1.82) is 0 Å². The van der Waals surface area contributed by atoms with Crippen LogP contribution in [0.4, 0.5) is 0 Å². The van der Waals surface area contributed by atoms with E-state index in [0.717, 1.165) is 22.3 Å². The fourth-order valence-corrected chi connectivity index (χ4v) is 2.13. The average molecular weight is 254 g/mol. The first-order valence-corrected chi connectivity index (χ1v) is 6.05. The van der Waals surface area contributed by atoms with Gasteiger partial charge in [0.2, 0.25) is 0 Å². The molecule has 0 unspecified atom stereocenters. The Bertz CT molecular complexity index is 705. The molecular formula is C15H14N2O2. The quantitative estimate of drug-likeness (QED) is 0.781. The van der Waals surface area contributed by atoms with Crippen molar-refractivity contribution in [1.82, 2.24) is 9.55 Å². The van der Waals surface area contributed by atoms with E-state index >= 15 is 0 Å². The minimum atomic E-state index is 0.292. The molecule has 0 aliphatic carbocycles. The van der Waals surface area contributed by atoms with Gasteiger partial charge < -0.3 is 14.4 Å². The van der Waals surface area contributed by atoms with E-state index in [1.807, 2.05) is 41.9 Å². The number of rotatable bonds is 3. The summed E-state index contributed by atoms with van der Waals surface area (Å²) in [6.45, 7) is 0.441. The Morgan fingerprint density at radius 2 is 2.16 bits per heavy atom. The van der Waals surface area contributed by atoms with E-state index in [0.29, 0.717) is 12.4 Å². The maximum Gasteiger partial charge on any atom is 0.138 e. The number of pyridine rings is 1. The number of hydrogen-bond donors (Lipinski definition) is 1. The number of hydrogen-bond acceptors (Lipinski definition) is 3. The molecular weight excluding hydrogens is 240 g/mol. The van der Waals surface area contributed by atoms with Gasteiger partial charge in [0.15, 0.2) is 0 Å². The van der Waals surface area contributed by atoms with Crippen LogP contribution >= 0.6 is 0 Å². The molecule has 0 fully saturated rings. The van der Waals surface area contributed by atoms with Gasteiger partial charge in [0.05, 0.1) is 17.4 Å². The van der Waals surface area contributed by atoms with Crippen LogP contribution in [-0.4, -0.2) is 14.7 Å². The van der Waals surface area contributed by atoms with Gasteiger partial charge in [-0.3, -0.25) is 4.98 Å². The molecule has 0 amide bonds. The second-order valence-corrected chi connectivity index (χ2v) is 4.38. The monoisotopic (exact) mass is 254 g/mol. The molecule has 0 atom stereocenters. The van der Waals surface area contributed by atoms with E-state index in [1.54, 1.807) is 18.5 Å². The molecule has 0 bridgehead atoms. The van der Waals surface area contributed by atoms with E-state index in [2.05, 4.69) is 4.98 Å². The van der Waals surface area contributed by atoms with E-state index < -0.39 is 0 Å². The van der Waals surface area contributed by atoms with Gasteiger partial charge in [0.25, 0.3) is 0 Å². The predicted molar refractivity (Wildman–Crippen MR) is 73.2 cm³/mol. The number of phenols is 1. The first kappa shape index (κ1) is 11.6. The molecule has 2 aromatic heterocycles. The van der Waals surface area contributed by atoms with Crippen LogP contribution in [-0.2, 0) is 13.7 Å². The summed E-state index contributed by atoms with van der Waals surface area (Å²) in [5.41, 5.74) is 1.99. The third-order valence-corrected chi connectivity index (χ3v) is 3.18. The Hall–Kier alpha value is -2.49. The van der Waals surface area contributed by atoms with E-state index in [4.69, 9.17) is 4.74 Å². The maximum atomic E-state index is 9.83. The summed E-state index contributed by atoms with van der Waals surface area (Å²) in [6.07, 6.45) is 3.39. The fraction of sp³-hybridized carbons (Fsp3) is 0.133. The topological polar surface area (TPSA) is 47.3 Å². The lowest BCUT2D eigenvalue weighted by Crippen LogP contribution is -2.01. The number of nitrogens with zero attached hydrogens (tertiary/aromatic N) is 2. The molecule has 0 saturated heterocycles. The van der Waals surface area contributed by atoms with E-state index in [1.165, 1.54) is 0 Å². The van der Waals surface area contributed by atoms with Crippen molar-refractivity contribution in [2.75, 3.05) is 0 Å². The zero-order valence-corrected chi connectivity index (χ0v) is 10.6. The van der Waals surface area contributed by atoms with Crippen LogP contribution in [0.1, 0.15) is 5.69 Å². The first-order valence-electron chi connectivity index (χ1n) is 6.05. The number of aryl methyl sites for hydroxylation is 1. The van der Waals surface area contributed by atoms with Crippen molar-refractivity contribution in [2.45, 2.75) is 6.61 Å². The van der Waals surface area contributed by atoms with Crippen molar-refractivity contribution in [3.63, 3.8) is 0 Å². The molecule has 4 nitrogen and oxygen atoms in total. The Kier molecular flexibility index (Phi) is 2.83. The van der Waals surface area contributed by atoms with Crippen molar-refractivity contribution in [3.8, 4) is 11.5 Å². The van der Waals surface area contributed by atoms with Gasteiger partial charge in [-0.15, -0.1) is 0 Å². The van der Waals surface area contributed by atoms with Gasteiger partial charge in [-0.2, -0.15) is 0 Å². The molecule has 0 spiro atoms. The molecule has 1 N–H and O–H groups in total. The third-order valence-electron chi connectivity index (χ3n) is 3.18. The largest absolute Gasteiger partial charge is 0.507 e. The molecule has 0 aliphatic rings. The van der Waals surface area contributed by atoms with Crippen LogP contribution in [0.2, 0.25) is 0 Å². The summed E-state index contributed by atoms with van der Waals surface area (Å²) in [7, 11) is 1.96. The maximum absolute atomic E-state index is 9.83. The zero-order valence-electron chi connectivity index (χ0n) is 10.6. The van der Waals surface area contributed by atoms with Crippen molar-refractivity contribution >= 4 is 10.9 Å². The standard InChI is InChI=1S/C15H14N2O2/c1-17-11(10-19-12-4-3-7-16-9-12)8-13-14(17)5-2-6-15(13)18/h2-9,18H,10H2,1H3. The number of benzene rings is 1. The summed E-state index contributed by atoms with van der Waals surface area (Å²) < 4.78 is 7.70. The summed E-state index contributed by atoms with van der Waals surface area (Å²) in [6, 6.07) is 11.1. The lowest BCUT2D eigenvalue weighted by molar-refractivity contribution is 0.296. The van der Waals surface area contributed by atoms with Crippen LogP contribution in [0.5, 0.6) is 11.5 Å². The number of phenolic OH excluding ortho intramolecular Hbond substituents is 1. The SMILES string of the molecule is Cn1c(COc2cccnc2)cc2c(O)cccc21. The third kappa shape index (κ3) is 2.12. The number of fused-ring (bicyclic) bond motifs is 1. The molecule has 96 valence electrons. The molecule has 2 heterocycles. The highest BCUT2D eigenvalue weighted by Gasteiger charge is 2.09. The summed E-state index contributed by atoms with van der Waals surface area (Å²) >= 11 is 0. The van der Waals surface area contributed by atoms with Gasteiger partial charge in [0, 0.05) is 18.6 Å². The molecule has 19 heavy (non-hydrogen) atoms. The van der Waals surface area contributed by atoms with Crippen molar-refractivity contribution < 1.29 is 9.84 Å². The second kappa shape index (κ2) is 4.65. The second-order valence-electron chi connectivity index (χ2n) is 4.38. The van der Waals surface area contributed by atoms with E-state index in [9.17, 15) is 5.11 Å². The minimum absolute atomic E-state index is 0.292. The summed E-state index contributed by atoms with van der Waals surface area (Å²) in [5.74, 6) is 1.03. The molecule has 1 aromatic carbocycles. The average Bonchev–Trinajstić information content (AvgIpc) is 2.77. The fourth-order valence-electron chi connectivity index (χ4n) is 2.13. The summed E-state index contributed by atoms with van der Waals surface area (Å²) in [4.78, 5) is 4.00. The molecule has 3 aromatic rings. The highest BCUT2D eigenvalue weighted by atomic mass is 16.5. The Morgan fingerprint density at radius 1 is 1.26 bits per heavy atom. The normalized spacial score (nSPS) is 10.8. The van der Waals surface area contributed by atoms with E-state index in [-0.39, 0.29) is 0 Å². The Labute approximate surface area is 110 Å². The lowest BCUT2D eigenvalue weighted by Gasteiger charge is -2.06. The smallest absolute Gasteiger partial charge is 0.138 e. The van der Waals surface area contributed by atoms with Crippen LogP contribution < -0.4 is 4.74 Å². The van der Waals surface area contributed by atoms with Gasteiger partial charge in [0.1, 0.15) is 18.1 Å². The first-order chi connectivity index (χ1) is 9.25. The summed E-state index contributed by atoms with van der Waals surface area (Å²) in [5, 5.41) is 10.7. The zero-order chi connectivity index (χ0) is 13.2. The van der Waals surface area contributed by atoms with Crippen LogP contribution in [0, 0.1) is 0 Å². The van der Waals surface area contributed by atoms with Crippen molar-refractivity contribution in [2.24, 2.45) is 7.05 Å². The van der Waals surface area contributed by atoms with Crippen LogP contribution in [0.15, 0.2) is 48.8 Å². The highest BCUT2D eigenvalue weighted by Crippen LogP contribution is 2.27. The van der Waals surface area contributed by atoms with Crippen LogP contribution in [0.3, 0.4) is 0 Å². The van der Waals surface area contributed by atoms with Gasteiger partial charge in [-0.1, -0.05) is 6.07 Å². The molecule has 0 saturated carbocycles. The predicted octanol–water partition coefficient (Wildman–Crippen LogP) is 2.86. The van der Waals surface area contributed by atoms with Crippen molar-refractivity contribution in [3.05, 3.63) is 54.5 Å². The highest BCUT2D eigenvalue weighted by molar-refractivity contribution is 5.87. The van der Waals surface area contributed by atoms with Gasteiger partial charge in [-0.25, -0.2) is 0 Å². The Balaban J connectivity index is 1.89. The number of ether oxygens (including phenoxy) is 1. The number of aromatic hydroxyl groups is 1. The van der Waals surface area contributed by atoms with Gasteiger partial charge in [-0.05, 0) is 30.3 Å². The molecule has 0 aliphatic heterocycles. The van der Waals surface area contributed by atoms with Crippen LogP contribution in [0.25, 0.3) is 10.9 Å². The lowest BCUT2D eigenvalue weighted by atomic mass is 10.2. The Morgan fingerprint density at radius 3 is 2.89 bits per heavy atom.